The Morgan fingerprint density at radius 3 is 1.36 bits per heavy atom. The van der Waals surface area contributed by atoms with Gasteiger partial charge in [0, 0.05) is 63.0 Å². The molecule has 2 aromatic rings. The van der Waals surface area contributed by atoms with Crippen LogP contribution in [-0.4, -0.2) is 34.7 Å². The number of fused-ring (bicyclic) bond motifs is 2. The fraction of sp³-hybridized carbons (Fsp3) is 0.353. The van der Waals surface area contributed by atoms with E-state index in [9.17, 15) is 31.6 Å². The number of nitrogens with zero attached hydrogens (tertiary/aromatic N) is 6. The maximum Gasteiger partial charge on any atom is 0.192 e. The molecule has 4 unspecified atom stereocenters. The van der Waals surface area contributed by atoms with E-state index in [0.29, 0.717) is 11.1 Å². The standard InChI is InChI=1S/2C16H12N4S2.C2H6O/c2*17-6-11-10-3-5-21-7-12(10)14(13-2-1-4-22-13)16(8-18,9-19)15(11)20;1-2-3/h2*1-4,12,14H,5,7,20H2;3H,2H2,1H3. The monoisotopic (exact) mass is 694 g/mol. The molecule has 13 heteroatoms. The first-order valence-corrected chi connectivity index (χ1v) is 18.6. The smallest absolute Gasteiger partial charge is 0.192 e. The van der Waals surface area contributed by atoms with Crippen molar-refractivity contribution in [3.05, 3.63) is 90.6 Å². The molecule has 0 radical (unpaired) electrons. The highest BCUT2D eigenvalue weighted by molar-refractivity contribution is 7.99. The summed E-state index contributed by atoms with van der Waals surface area (Å²) < 4.78 is 0. The molecule has 2 aromatic heterocycles. The molecule has 5 N–H and O–H groups in total. The Morgan fingerprint density at radius 1 is 0.723 bits per heavy atom. The summed E-state index contributed by atoms with van der Waals surface area (Å²) in [4.78, 5) is 1.95. The fourth-order valence-corrected chi connectivity index (χ4v) is 10.6. The third kappa shape index (κ3) is 6.06. The van der Waals surface area contributed by atoms with Gasteiger partial charge in [0.1, 0.15) is 12.1 Å². The molecular weight excluding hydrogens is 665 g/mol. The molecule has 0 aromatic carbocycles. The Bertz CT molecular complexity index is 1700. The normalized spacial score (nSPS) is 24.9. The third-order valence-electron chi connectivity index (χ3n) is 8.57. The summed E-state index contributed by atoms with van der Waals surface area (Å²) >= 11 is 6.57. The summed E-state index contributed by atoms with van der Waals surface area (Å²) in [6.45, 7) is 1.93. The zero-order valence-corrected chi connectivity index (χ0v) is 28.6. The molecule has 0 saturated carbocycles. The van der Waals surface area contributed by atoms with Gasteiger partial charge in [-0.3, -0.25) is 0 Å². The highest BCUT2D eigenvalue weighted by Gasteiger charge is 2.55. The van der Waals surface area contributed by atoms with Gasteiger partial charge in [-0.2, -0.15) is 55.1 Å². The molecule has 0 amide bonds. The van der Waals surface area contributed by atoms with Crippen LogP contribution in [0, 0.1) is 90.7 Å². The summed E-state index contributed by atoms with van der Waals surface area (Å²) in [6, 6.07) is 20.5. The van der Waals surface area contributed by atoms with Crippen molar-refractivity contribution in [3.8, 4) is 36.4 Å². The highest BCUT2D eigenvalue weighted by Crippen LogP contribution is 2.57. The van der Waals surface area contributed by atoms with Crippen LogP contribution in [0.25, 0.3) is 0 Å². The summed E-state index contributed by atoms with van der Waals surface area (Å²) in [7, 11) is 0. The topological polar surface area (TPSA) is 215 Å². The molecule has 0 spiro atoms. The van der Waals surface area contributed by atoms with E-state index in [-0.39, 0.29) is 41.7 Å². The number of thiophene rings is 2. The highest BCUT2D eigenvalue weighted by atomic mass is 32.2. The number of nitriles is 6. The minimum absolute atomic E-state index is 0.0290. The van der Waals surface area contributed by atoms with Gasteiger partial charge >= 0.3 is 0 Å². The van der Waals surface area contributed by atoms with Crippen molar-refractivity contribution in [2.75, 3.05) is 29.6 Å². The zero-order chi connectivity index (χ0) is 34.2. The first-order valence-electron chi connectivity index (χ1n) is 14.5. The number of thioether (sulfide) groups is 2. The lowest BCUT2D eigenvalue weighted by molar-refractivity contribution is 0.318. The van der Waals surface area contributed by atoms with E-state index in [4.69, 9.17) is 16.6 Å². The second-order valence-corrected chi connectivity index (χ2v) is 14.9. The number of hydrogen-bond acceptors (Lipinski definition) is 13. The molecule has 0 saturated heterocycles. The van der Waals surface area contributed by atoms with Crippen molar-refractivity contribution >= 4 is 46.2 Å². The van der Waals surface area contributed by atoms with Gasteiger partial charge in [-0.05, 0) is 41.0 Å². The van der Waals surface area contributed by atoms with Crippen molar-refractivity contribution in [1.82, 2.24) is 0 Å². The molecular formula is C34H30N8OS4. The summed E-state index contributed by atoms with van der Waals surface area (Å²) in [5.41, 5.74) is 12.0. The van der Waals surface area contributed by atoms with Gasteiger partial charge in [0.25, 0.3) is 0 Å². The average molecular weight is 695 g/mol. The summed E-state index contributed by atoms with van der Waals surface area (Å²) in [6.07, 6.45) is 4.03. The Hall–Kier alpha value is -4.44. The minimum atomic E-state index is -1.48. The van der Waals surface area contributed by atoms with Crippen LogP contribution in [0.5, 0.6) is 0 Å². The second kappa shape index (κ2) is 15.4. The fourth-order valence-electron chi connectivity index (χ4n) is 6.52. The third-order valence-corrected chi connectivity index (χ3v) is 12.5. The lowest BCUT2D eigenvalue weighted by atomic mass is 9.60. The number of hydrogen-bond donors (Lipinski definition) is 3. The number of rotatable bonds is 2. The predicted octanol–water partition coefficient (Wildman–Crippen LogP) is 5.81. The second-order valence-electron chi connectivity index (χ2n) is 10.8. The van der Waals surface area contributed by atoms with Gasteiger partial charge in [0.15, 0.2) is 10.8 Å². The first kappa shape index (κ1) is 35.4. The van der Waals surface area contributed by atoms with Crippen LogP contribution < -0.4 is 11.5 Å². The SMILES string of the molecule is CCO.N#CC1=C(N)C(C#N)(C#N)C(c2cccs2)C2CSCC=C12.N#CC1=C(N)C(C#N)(C#N)C(c2cccs2)C2CSCC=C12. The Labute approximate surface area is 291 Å². The van der Waals surface area contributed by atoms with Crippen molar-refractivity contribution < 1.29 is 5.11 Å². The molecule has 236 valence electrons. The lowest BCUT2D eigenvalue weighted by Crippen LogP contribution is -2.43. The van der Waals surface area contributed by atoms with Crippen molar-refractivity contribution in [2.45, 2.75) is 18.8 Å². The first-order chi connectivity index (χ1) is 22.8. The van der Waals surface area contributed by atoms with Crippen LogP contribution in [0.2, 0.25) is 0 Å². The maximum absolute atomic E-state index is 9.77. The minimum Gasteiger partial charge on any atom is -0.399 e. The summed E-state index contributed by atoms with van der Waals surface area (Å²) in [5, 5.41) is 69.5. The number of aliphatic hydroxyl groups excluding tert-OH is 1. The molecule has 2 aliphatic heterocycles. The number of nitrogens with two attached hydrogens (primary N) is 2. The van der Waals surface area contributed by atoms with Gasteiger partial charge in [0.05, 0.1) is 46.8 Å². The lowest BCUT2D eigenvalue weighted by Gasteiger charge is -2.42. The van der Waals surface area contributed by atoms with E-state index in [2.05, 4.69) is 36.4 Å². The molecule has 0 bridgehead atoms. The van der Waals surface area contributed by atoms with E-state index in [1.54, 1.807) is 30.4 Å². The van der Waals surface area contributed by atoms with E-state index in [1.165, 1.54) is 22.7 Å². The number of aliphatic hydroxyl groups is 1. The molecule has 9 nitrogen and oxygen atoms in total. The average Bonchev–Trinajstić information content (AvgIpc) is 3.84. The number of allylic oxidation sites excluding steroid dienone is 6. The molecule has 47 heavy (non-hydrogen) atoms. The molecule has 6 rings (SSSR count). The van der Waals surface area contributed by atoms with Gasteiger partial charge in [-0.25, -0.2) is 0 Å². The maximum atomic E-state index is 9.77. The largest absolute Gasteiger partial charge is 0.399 e. The van der Waals surface area contributed by atoms with Crippen LogP contribution in [-0.2, 0) is 0 Å². The van der Waals surface area contributed by atoms with Gasteiger partial charge < -0.3 is 16.6 Å². The van der Waals surface area contributed by atoms with Gasteiger partial charge in [-0.15, -0.1) is 22.7 Å². The molecule has 0 fully saturated rings. The van der Waals surface area contributed by atoms with Crippen LogP contribution >= 0.6 is 46.2 Å². The molecule has 2 aliphatic carbocycles. The Balaban J connectivity index is 0.000000197. The molecule has 4 heterocycles. The van der Waals surface area contributed by atoms with E-state index >= 15 is 0 Å². The van der Waals surface area contributed by atoms with Crippen LogP contribution in [0.3, 0.4) is 0 Å². The van der Waals surface area contributed by atoms with Crippen LogP contribution in [0.1, 0.15) is 28.5 Å². The van der Waals surface area contributed by atoms with Gasteiger partial charge in [0.2, 0.25) is 0 Å². The summed E-state index contributed by atoms with van der Waals surface area (Å²) in [5.74, 6) is 2.53. The van der Waals surface area contributed by atoms with E-state index in [1.807, 2.05) is 47.2 Å². The Kier molecular flexibility index (Phi) is 11.6. The molecule has 4 atom stereocenters. The predicted molar refractivity (Wildman–Crippen MR) is 186 cm³/mol. The quantitative estimate of drug-likeness (QED) is 0.341. The van der Waals surface area contributed by atoms with E-state index in [0.717, 1.165) is 43.9 Å². The zero-order valence-electron chi connectivity index (χ0n) is 25.4. The molecule has 4 aliphatic rings. The van der Waals surface area contributed by atoms with Crippen LogP contribution in [0.15, 0.2) is 80.9 Å². The van der Waals surface area contributed by atoms with Crippen molar-refractivity contribution in [2.24, 2.45) is 34.1 Å². The Morgan fingerprint density at radius 2 is 1.09 bits per heavy atom. The van der Waals surface area contributed by atoms with Gasteiger partial charge in [-0.1, -0.05) is 24.3 Å². The van der Waals surface area contributed by atoms with Crippen LogP contribution in [0.4, 0.5) is 0 Å². The van der Waals surface area contributed by atoms with E-state index < -0.39 is 10.8 Å². The van der Waals surface area contributed by atoms with Crippen molar-refractivity contribution in [3.63, 3.8) is 0 Å². The van der Waals surface area contributed by atoms with Crippen molar-refractivity contribution in [1.29, 1.82) is 31.6 Å².